The van der Waals surface area contributed by atoms with Crippen molar-refractivity contribution in [1.29, 1.82) is 0 Å². The third kappa shape index (κ3) is 4.43. The van der Waals surface area contributed by atoms with Gasteiger partial charge in [0.2, 0.25) is 0 Å². The van der Waals surface area contributed by atoms with Crippen molar-refractivity contribution in [2.75, 3.05) is 7.11 Å². The van der Waals surface area contributed by atoms with Gasteiger partial charge in [-0.1, -0.05) is 13.8 Å². The van der Waals surface area contributed by atoms with Crippen molar-refractivity contribution < 1.29 is 19.7 Å². The normalized spacial score (nSPS) is 16.1. The first-order valence-electron chi connectivity index (χ1n) is 4.50. The Bertz CT molecular complexity index is 193. The first kappa shape index (κ1) is 13.2. The van der Waals surface area contributed by atoms with Crippen LogP contribution in [0.1, 0.15) is 27.2 Å². The Morgan fingerprint density at radius 1 is 1.57 bits per heavy atom. The summed E-state index contributed by atoms with van der Waals surface area (Å²) in [5, 5.41) is 20.3. The number of nitrogens with one attached hydrogen (secondary N) is 1. The predicted molar refractivity (Wildman–Crippen MR) is 52.0 cm³/mol. The molecular weight excluding hydrogens is 186 g/mol. The number of ether oxygens (including phenoxy) is 1. The van der Waals surface area contributed by atoms with Gasteiger partial charge in [-0.3, -0.25) is 0 Å². The van der Waals surface area contributed by atoms with Crippen LogP contribution in [0, 0.1) is 5.41 Å². The molecule has 2 unspecified atom stereocenters. The molecule has 1 amide bonds. The third-order valence-electron chi connectivity index (χ3n) is 2.09. The van der Waals surface area contributed by atoms with Crippen LogP contribution in [-0.4, -0.2) is 35.7 Å². The number of carbonyl (C=O) groups is 1. The SMILES string of the molecule is COC(O)C(C)(C)CC(C)NC(=O)O. The minimum Gasteiger partial charge on any atom is -0.465 e. The van der Waals surface area contributed by atoms with E-state index in [-0.39, 0.29) is 6.04 Å². The van der Waals surface area contributed by atoms with E-state index >= 15 is 0 Å². The number of carboxylic acid groups (broad SMARTS) is 1. The fourth-order valence-corrected chi connectivity index (χ4v) is 1.47. The fraction of sp³-hybridized carbons (Fsp3) is 0.889. The topological polar surface area (TPSA) is 78.8 Å². The zero-order valence-corrected chi connectivity index (χ0v) is 9.07. The van der Waals surface area contributed by atoms with Gasteiger partial charge in [0, 0.05) is 18.6 Å². The van der Waals surface area contributed by atoms with Gasteiger partial charge in [-0.2, -0.15) is 0 Å². The van der Waals surface area contributed by atoms with Crippen molar-refractivity contribution in [2.24, 2.45) is 5.41 Å². The maximum atomic E-state index is 10.3. The quantitative estimate of drug-likeness (QED) is 0.585. The molecule has 0 fully saturated rings. The molecule has 0 spiro atoms. The minimum atomic E-state index is -1.06. The van der Waals surface area contributed by atoms with E-state index in [4.69, 9.17) is 9.84 Å². The van der Waals surface area contributed by atoms with Gasteiger partial charge in [0.05, 0.1) is 0 Å². The summed E-state index contributed by atoms with van der Waals surface area (Å²) >= 11 is 0. The Labute approximate surface area is 84.1 Å². The third-order valence-corrected chi connectivity index (χ3v) is 2.09. The van der Waals surface area contributed by atoms with Gasteiger partial charge < -0.3 is 20.3 Å². The van der Waals surface area contributed by atoms with Gasteiger partial charge in [0.25, 0.3) is 0 Å². The van der Waals surface area contributed by atoms with Gasteiger partial charge >= 0.3 is 6.09 Å². The second-order valence-corrected chi connectivity index (χ2v) is 4.13. The molecule has 0 aliphatic heterocycles. The van der Waals surface area contributed by atoms with Gasteiger partial charge in [-0.15, -0.1) is 0 Å². The van der Waals surface area contributed by atoms with Crippen LogP contribution in [-0.2, 0) is 4.74 Å². The zero-order chi connectivity index (χ0) is 11.4. The molecule has 0 radical (unpaired) electrons. The Kier molecular flexibility index (Phi) is 4.87. The van der Waals surface area contributed by atoms with Crippen LogP contribution < -0.4 is 5.32 Å². The van der Waals surface area contributed by atoms with Crippen LogP contribution in [0.3, 0.4) is 0 Å². The lowest BCUT2D eigenvalue weighted by atomic mass is 9.85. The Morgan fingerprint density at radius 2 is 2.07 bits per heavy atom. The lowest BCUT2D eigenvalue weighted by Crippen LogP contribution is -2.40. The van der Waals surface area contributed by atoms with Crippen molar-refractivity contribution in [1.82, 2.24) is 5.32 Å². The molecule has 5 nitrogen and oxygen atoms in total. The molecule has 0 aromatic carbocycles. The molecule has 0 rings (SSSR count). The molecule has 0 heterocycles. The molecule has 3 N–H and O–H groups in total. The van der Waals surface area contributed by atoms with Crippen molar-refractivity contribution in [3.05, 3.63) is 0 Å². The molecule has 2 atom stereocenters. The van der Waals surface area contributed by atoms with Gasteiger partial charge in [-0.05, 0) is 13.3 Å². The largest absolute Gasteiger partial charge is 0.465 e. The second-order valence-electron chi connectivity index (χ2n) is 4.13. The number of rotatable bonds is 5. The highest BCUT2D eigenvalue weighted by atomic mass is 16.6. The lowest BCUT2D eigenvalue weighted by molar-refractivity contribution is -0.149. The highest BCUT2D eigenvalue weighted by Gasteiger charge is 2.30. The molecule has 0 saturated heterocycles. The van der Waals surface area contributed by atoms with Crippen LogP contribution in [0.5, 0.6) is 0 Å². The first-order valence-corrected chi connectivity index (χ1v) is 4.50. The van der Waals surface area contributed by atoms with Gasteiger partial charge in [-0.25, -0.2) is 4.79 Å². The average Bonchev–Trinajstić information content (AvgIpc) is 1.99. The molecule has 14 heavy (non-hydrogen) atoms. The van der Waals surface area contributed by atoms with Crippen molar-refractivity contribution in [3.63, 3.8) is 0 Å². The van der Waals surface area contributed by atoms with Crippen molar-refractivity contribution >= 4 is 6.09 Å². The molecule has 0 aliphatic rings. The summed E-state index contributed by atoms with van der Waals surface area (Å²) in [5.74, 6) is 0. The number of methoxy groups -OCH3 is 1. The summed E-state index contributed by atoms with van der Waals surface area (Å²) in [5.41, 5.74) is -0.476. The summed E-state index contributed by atoms with van der Waals surface area (Å²) in [6, 6.07) is -0.215. The van der Waals surface area contributed by atoms with E-state index in [0.717, 1.165) is 0 Å². The minimum absolute atomic E-state index is 0.215. The highest BCUT2D eigenvalue weighted by Crippen LogP contribution is 2.27. The van der Waals surface area contributed by atoms with Crippen molar-refractivity contribution in [2.45, 2.75) is 39.5 Å². The smallest absolute Gasteiger partial charge is 0.404 e. The standard InChI is InChI=1S/C9H19NO4/c1-6(10-8(12)13)5-9(2,3)7(11)14-4/h6-7,10-11H,5H2,1-4H3,(H,12,13). The molecule has 0 saturated carbocycles. The molecule has 5 heteroatoms. The molecule has 0 bridgehead atoms. The fourth-order valence-electron chi connectivity index (χ4n) is 1.47. The van der Waals surface area contributed by atoms with Crippen molar-refractivity contribution in [3.8, 4) is 0 Å². The number of hydrogen-bond acceptors (Lipinski definition) is 3. The summed E-state index contributed by atoms with van der Waals surface area (Å²) < 4.78 is 4.80. The molecule has 0 aliphatic carbocycles. The molecule has 0 aromatic heterocycles. The second kappa shape index (κ2) is 5.17. The number of aliphatic hydroxyl groups excluding tert-OH is 1. The lowest BCUT2D eigenvalue weighted by Gasteiger charge is -2.31. The molecular formula is C9H19NO4. The number of amides is 1. The maximum Gasteiger partial charge on any atom is 0.404 e. The Hall–Kier alpha value is -0.810. The highest BCUT2D eigenvalue weighted by molar-refractivity contribution is 5.64. The zero-order valence-electron chi connectivity index (χ0n) is 9.07. The summed E-state index contributed by atoms with van der Waals surface area (Å²) in [6.45, 7) is 5.39. The van der Waals surface area contributed by atoms with Crippen LogP contribution in [0.2, 0.25) is 0 Å². The maximum absolute atomic E-state index is 10.3. The number of hydrogen-bond donors (Lipinski definition) is 3. The van der Waals surface area contributed by atoms with Crippen LogP contribution in [0.4, 0.5) is 4.79 Å². The molecule has 0 aromatic rings. The van der Waals surface area contributed by atoms with Crippen LogP contribution in [0.15, 0.2) is 0 Å². The van der Waals surface area contributed by atoms with E-state index in [1.807, 2.05) is 13.8 Å². The average molecular weight is 205 g/mol. The molecule has 84 valence electrons. The summed E-state index contributed by atoms with van der Waals surface area (Å²) in [7, 11) is 1.42. The van der Waals surface area contributed by atoms with Gasteiger partial charge in [0.1, 0.15) is 0 Å². The summed E-state index contributed by atoms with van der Waals surface area (Å²) in [6.07, 6.45) is -1.44. The monoisotopic (exact) mass is 205 g/mol. The van der Waals surface area contributed by atoms with E-state index in [2.05, 4.69) is 5.32 Å². The Balaban J connectivity index is 4.13. The van der Waals surface area contributed by atoms with E-state index in [1.54, 1.807) is 6.92 Å². The first-order chi connectivity index (χ1) is 6.29. The van der Waals surface area contributed by atoms with Crippen LogP contribution in [0.25, 0.3) is 0 Å². The van der Waals surface area contributed by atoms with E-state index < -0.39 is 17.8 Å². The van der Waals surface area contributed by atoms with E-state index in [0.29, 0.717) is 6.42 Å². The predicted octanol–water partition coefficient (Wildman–Crippen LogP) is 1.02. The van der Waals surface area contributed by atoms with E-state index in [1.165, 1.54) is 7.11 Å². The Morgan fingerprint density at radius 3 is 2.43 bits per heavy atom. The summed E-state index contributed by atoms with van der Waals surface area (Å²) in [4.78, 5) is 10.3. The van der Waals surface area contributed by atoms with E-state index in [9.17, 15) is 9.90 Å². The van der Waals surface area contributed by atoms with Crippen LogP contribution >= 0.6 is 0 Å². The number of aliphatic hydroxyl groups is 1. The van der Waals surface area contributed by atoms with Gasteiger partial charge in [0.15, 0.2) is 6.29 Å².